The minimum atomic E-state index is 0.0459. The summed E-state index contributed by atoms with van der Waals surface area (Å²) in [6.45, 7) is 0.769. The molecule has 0 N–H and O–H groups in total. The molecule has 6 nitrogen and oxygen atoms in total. The lowest BCUT2D eigenvalue weighted by atomic mass is 10.0. The quantitative estimate of drug-likeness (QED) is 0.728. The number of nitrogens with zero attached hydrogens (tertiary/aromatic N) is 5. The molecule has 1 amide bonds. The highest BCUT2D eigenvalue weighted by molar-refractivity contribution is 5.94. The zero-order chi connectivity index (χ0) is 17.8. The van der Waals surface area contributed by atoms with Crippen LogP contribution in [-0.4, -0.2) is 37.1 Å². The summed E-state index contributed by atoms with van der Waals surface area (Å²) < 4.78 is 1.67. The van der Waals surface area contributed by atoms with E-state index in [0.29, 0.717) is 11.4 Å². The number of likely N-dealkylation sites (tertiary alicyclic amines) is 1. The number of carbonyl (C=O) groups excluding carboxylic acids is 1. The first kappa shape index (κ1) is 16.4. The Morgan fingerprint density at radius 3 is 2.73 bits per heavy atom. The Bertz CT molecular complexity index is 863. The lowest BCUT2D eigenvalue weighted by molar-refractivity contribution is 0.0680. The molecule has 6 heteroatoms. The summed E-state index contributed by atoms with van der Waals surface area (Å²) in [6.07, 6.45) is 13.1. The van der Waals surface area contributed by atoms with Crippen molar-refractivity contribution in [2.75, 3.05) is 6.54 Å². The fourth-order valence-electron chi connectivity index (χ4n) is 3.53. The molecule has 4 heterocycles. The highest BCUT2D eigenvalue weighted by Crippen LogP contribution is 2.31. The van der Waals surface area contributed by atoms with Gasteiger partial charge in [-0.2, -0.15) is 5.10 Å². The second-order valence-electron chi connectivity index (χ2n) is 6.50. The molecule has 0 aliphatic carbocycles. The van der Waals surface area contributed by atoms with E-state index in [4.69, 9.17) is 0 Å². The standard InChI is InChI=1S/C20H21N5O/c26-20(17-8-12-22-19(15-17)25-14-4-9-23-25)24-13-3-1-2-5-18(24)16-6-10-21-11-7-16/h4,6-12,14-15,18H,1-3,5,13H2. The van der Waals surface area contributed by atoms with Gasteiger partial charge < -0.3 is 4.90 Å². The monoisotopic (exact) mass is 347 g/mol. The van der Waals surface area contributed by atoms with Crippen LogP contribution in [0.3, 0.4) is 0 Å². The van der Waals surface area contributed by atoms with Gasteiger partial charge >= 0.3 is 0 Å². The Morgan fingerprint density at radius 1 is 1.04 bits per heavy atom. The molecule has 0 spiro atoms. The van der Waals surface area contributed by atoms with Crippen molar-refractivity contribution in [3.8, 4) is 5.82 Å². The number of aromatic nitrogens is 4. The van der Waals surface area contributed by atoms with Crippen LogP contribution in [0.5, 0.6) is 0 Å². The van der Waals surface area contributed by atoms with Crippen LogP contribution >= 0.6 is 0 Å². The van der Waals surface area contributed by atoms with Crippen molar-refractivity contribution >= 4 is 5.91 Å². The van der Waals surface area contributed by atoms with Gasteiger partial charge in [-0.05, 0) is 48.7 Å². The number of pyridine rings is 2. The lowest BCUT2D eigenvalue weighted by Gasteiger charge is -2.30. The fourth-order valence-corrected chi connectivity index (χ4v) is 3.53. The van der Waals surface area contributed by atoms with Crippen molar-refractivity contribution in [1.29, 1.82) is 0 Å². The summed E-state index contributed by atoms with van der Waals surface area (Å²) in [5.74, 6) is 0.695. The fraction of sp³-hybridized carbons (Fsp3) is 0.300. The third-order valence-electron chi connectivity index (χ3n) is 4.84. The van der Waals surface area contributed by atoms with Crippen molar-refractivity contribution in [2.45, 2.75) is 31.7 Å². The molecule has 0 aromatic carbocycles. The molecule has 1 saturated heterocycles. The molecular formula is C20H21N5O. The van der Waals surface area contributed by atoms with Gasteiger partial charge in [0.25, 0.3) is 5.91 Å². The van der Waals surface area contributed by atoms with Gasteiger partial charge in [0.1, 0.15) is 0 Å². The molecule has 1 unspecified atom stereocenters. The van der Waals surface area contributed by atoms with Crippen LogP contribution < -0.4 is 0 Å². The van der Waals surface area contributed by atoms with Gasteiger partial charge in [-0.1, -0.05) is 12.8 Å². The second-order valence-corrected chi connectivity index (χ2v) is 6.50. The molecule has 1 aliphatic rings. The van der Waals surface area contributed by atoms with Crippen molar-refractivity contribution in [3.05, 3.63) is 72.4 Å². The molecule has 26 heavy (non-hydrogen) atoms. The van der Waals surface area contributed by atoms with E-state index >= 15 is 0 Å². The van der Waals surface area contributed by atoms with Crippen LogP contribution in [0.4, 0.5) is 0 Å². The van der Waals surface area contributed by atoms with E-state index in [1.807, 2.05) is 35.4 Å². The minimum absolute atomic E-state index is 0.0459. The first-order chi connectivity index (χ1) is 12.8. The van der Waals surface area contributed by atoms with Crippen molar-refractivity contribution in [3.63, 3.8) is 0 Å². The molecule has 0 bridgehead atoms. The molecule has 1 atom stereocenters. The number of carbonyl (C=O) groups is 1. The van der Waals surface area contributed by atoms with Gasteiger partial charge in [-0.15, -0.1) is 0 Å². The van der Waals surface area contributed by atoms with E-state index in [0.717, 1.165) is 37.8 Å². The maximum absolute atomic E-state index is 13.3. The van der Waals surface area contributed by atoms with Gasteiger partial charge in [0.15, 0.2) is 5.82 Å². The Morgan fingerprint density at radius 2 is 1.92 bits per heavy atom. The van der Waals surface area contributed by atoms with E-state index in [2.05, 4.69) is 15.1 Å². The van der Waals surface area contributed by atoms with Crippen molar-refractivity contribution in [1.82, 2.24) is 24.6 Å². The molecule has 3 aromatic rings. The molecule has 0 saturated carbocycles. The highest BCUT2D eigenvalue weighted by Gasteiger charge is 2.27. The summed E-state index contributed by atoms with van der Waals surface area (Å²) >= 11 is 0. The maximum Gasteiger partial charge on any atom is 0.254 e. The van der Waals surface area contributed by atoms with E-state index in [-0.39, 0.29) is 11.9 Å². The smallest absolute Gasteiger partial charge is 0.254 e. The topological polar surface area (TPSA) is 63.9 Å². The van der Waals surface area contributed by atoms with E-state index < -0.39 is 0 Å². The van der Waals surface area contributed by atoms with Crippen molar-refractivity contribution in [2.24, 2.45) is 0 Å². The largest absolute Gasteiger partial charge is 0.332 e. The predicted molar refractivity (Wildman–Crippen MR) is 97.8 cm³/mol. The first-order valence-corrected chi connectivity index (χ1v) is 9.00. The number of hydrogen-bond acceptors (Lipinski definition) is 4. The molecule has 4 rings (SSSR count). The van der Waals surface area contributed by atoms with E-state index in [1.54, 1.807) is 35.5 Å². The van der Waals surface area contributed by atoms with Crippen molar-refractivity contribution < 1.29 is 4.79 Å². The summed E-state index contributed by atoms with van der Waals surface area (Å²) in [7, 11) is 0. The number of rotatable bonds is 3. The Labute approximate surface area is 152 Å². The zero-order valence-electron chi connectivity index (χ0n) is 14.5. The summed E-state index contributed by atoms with van der Waals surface area (Å²) in [4.78, 5) is 23.8. The average molecular weight is 347 g/mol. The Kier molecular flexibility index (Phi) is 4.73. The normalized spacial score (nSPS) is 17.7. The highest BCUT2D eigenvalue weighted by atomic mass is 16.2. The van der Waals surface area contributed by atoms with Gasteiger partial charge in [0.2, 0.25) is 0 Å². The van der Waals surface area contributed by atoms with E-state index in [1.165, 1.54) is 0 Å². The predicted octanol–water partition coefficient (Wildman–Crippen LogP) is 3.42. The number of hydrogen-bond donors (Lipinski definition) is 0. The summed E-state index contributed by atoms with van der Waals surface area (Å²) in [5, 5.41) is 4.20. The molecule has 1 fully saturated rings. The van der Waals surface area contributed by atoms with Crippen LogP contribution in [-0.2, 0) is 0 Å². The third kappa shape index (κ3) is 3.35. The molecule has 0 radical (unpaired) electrons. The number of amides is 1. The van der Waals surface area contributed by atoms with Gasteiger partial charge in [-0.25, -0.2) is 9.67 Å². The first-order valence-electron chi connectivity index (χ1n) is 9.00. The minimum Gasteiger partial charge on any atom is -0.332 e. The van der Waals surface area contributed by atoms with Gasteiger partial charge in [0, 0.05) is 43.1 Å². The molecule has 132 valence electrons. The average Bonchev–Trinajstić information content (AvgIpc) is 3.13. The summed E-state index contributed by atoms with van der Waals surface area (Å²) in [5.41, 5.74) is 1.79. The van der Waals surface area contributed by atoms with E-state index in [9.17, 15) is 4.79 Å². The Balaban J connectivity index is 1.66. The SMILES string of the molecule is O=C(c1ccnc(-n2cccn2)c1)N1CCCCCC1c1ccncc1. The maximum atomic E-state index is 13.3. The zero-order valence-corrected chi connectivity index (χ0v) is 14.5. The van der Waals surface area contributed by atoms with Gasteiger partial charge in [0.05, 0.1) is 6.04 Å². The summed E-state index contributed by atoms with van der Waals surface area (Å²) in [6, 6.07) is 9.54. The Hall–Kier alpha value is -3.02. The lowest BCUT2D eigenvalue weighted by Crippen LogP contribution is -2.35. The van der Waals surface area contributed by atoms with Crippen LogP contribution in [0, 0.1) is 0 Å². The molecular weight excluding hydrogens is 326 g/mol. The van der Waals surface area contributed by atoms with Crippen LogP contribution in [0.25, 0.3) is 5.82 Å². The van der Waals surface area contributed by atoms with Crippen LogP contribution in [0.2, 0.25) is 0 Å². The third-order valence-corrected chi connectivity index (χ3v) is 4.84. The van der Waals surface area contributed by atoms with Gasteiger partial charge in [-0.3, -0.25) is 9.78 Å². The van der Waals surface area contributed by atoms with Crippen LogP contribution in [0.1, 0.15) is 47.6 Å². The second kappa shape index (κ2) is 7.47. The van der Waals surface area contributed by atoms with Crippen LogP contribution in [0.15, 0.2) is 61.3 Å². The molecule has 3 aromatic heterocycles. The molecule has 1 aliphatic heterocycles.